The maximum Gasteiger partial charge on any atom is 0.262 e. The van der Waals surface area contributed by atoms with Crippen molar-refractivity contribution in [2.45, 2.75) is 18.6 Å². The van der Waals surface area contributed by atoms with Crippen molar-refractivity contribution in [2.24, 2.45) is 0 Å². The van der Waals surface area contributed by atoms with Crippen LogP contribution in [0.3, 0.4) is 0 Å². The van der Waals surface area contributed by atoms with Crippen LogP contribution in [0.2, 0.25) is 0 Å². The third kappa shape index (κ3) is 3.74. The molecule has 0 fully saturated rings. The monoisotopic (exact) mass is 425 g/mol. The summed E-state index contributed by atoms with van der Waals surface area (Å²) >= 11 is 3.28. The number of carbonyl (C=O) groups excluding carboxylic acids is 1. The predicted molar refractivity (Wildman–Crippen MR) is 105 cm³/mol. The summed E-state index contributed by atoms with van der Waals surface area (Å²) in [7, 11) is 0. The normalized spacial score (nSPS) is 16.3. The van der Waals surface area contributed by atoms with Crippen LogP contribution in [-0.4, -0.2) is 12.0 Å². The minimum Gasteiger partial charge on any atom is -0.480 e. The average Bonchev–Trinajstić information content (AvgIpc) is 3.12. The molecule has 1 amide bonds. The van der Waals surface area contributed by atoms with Crippen molar-refractivity contribution in [1.82, 2.24) is 5.32 Å². The van der Waals surface area contributed by atoms with E-state index in [1.54, 1.807) is 12.1 Å². The van der Waals surface area contributed by atoms with E-state index in [-0.39, 0.29) is 11.7 Å². The van der Waals surface area contributed by atoms with Crippen LogP contribution in [-0.2, 0) is 11.2 Å². The molecule has 1 aliphatic heterocycles. The van der Waals surface area contributed by atoms with Gasteiger partial charge in [0, 0.05) is 16.5 Å². The van der Waals surface area contributed by atoms with Crippen LogP contribution >= 0.6 is 15.9 Å². The largest absolute Gasteiger partial charge is 0.480 e. The van der Waals surface area contributed by atoms with Crippen LogP contribution in [0.4, 0.5) is 4.39 Å². The molecule has 5 heteroatoms. The van der Waals surface area contributed by atoms with Gasteiger partial charge in [-0.3, -0.25) is 4.79 Å². The van der Waals surface area contributed by atoms with E-state index in [4.69, 9.17) is 4.74 Å². The highest BCUT2D eigenvalue weighted by Gasteiger charge is 2.31. The second-order valence-corrected chi connectivity index (χ2v) is 7.35. The van der Waals surface area contributed by atoms with Crippen LogP contribution < -0.4 is 10.1 Å². The summed E-state index contributed by atoms with van der Waals surface area (Å²) < 4.78 is 21.0. The minimum absolute atomic E-state index is 0.262. The molecule has 0 saturated carbocycles. The number of ether oxygens (including phenoxy) is 1. The maximum atomic E-state index is 14.6. The van der Waals surface area contributed by atoms with Crippen molar-refractivity contribution in [1.29, 1.82) is 0 Å². The lowest BCUT2D eigenvalue weighted by molar-refractivity contribution is -0.127. The predicted octanol–water partition coefficient (Wildman–Crippen LogP) is 4.80. The van der Waals surface area contributed by atoms with Crippen molar-refractivity contribution in [3.8, 4) is 5.75 Å². The molecule has 0 radical (unpaired) electrons. The molecule has 3 aromatic rings. The van der Waals surface area contributed by atoms with Crippen LogP contribution in [0.1, 0.15) is 22.7 Å². The first-order valence-electron chi connectivity index (χ1n) is 8.66. The second kappa shape index (κ2) is 7.53. The summed E-state index contributed by atoms with van der Waals surface area (Å²) in [5.74, 6) is 0.0836. The zero-order chi connectivity index (χ0) is 18.8. The average molecular weight is 426 g/mol. The topological polar surface area (TPSA) is 38.3 Å². The van der Waals surface area contributed by atoms with Gasteiger partial charge in [0.2, 0.25) is 0 Å². The third-order valence-electron chi connectivity index (χ3n) is 4.63. The van der Waals surface area contributed by atoms with E-state index in [9.17, 15) is 9.18 Å². The van der Waals surface area contributed by atoms with Gasteiger partial charge in [-0.05, 0) is 29.3 Å². The summed E-state index contributed by atoms with van der Waals surface area (Å²) in [5, 5.41) is 2.97. The Morgan fingerprint density at radius 3 is 2.56 bits per heavy atom. The molecular formula is C22H17BrFNO2. The molecule has 0 bridgehead atoms. The first kappa shape index (κ1) is 17.7. The number of fused-ring (bicyclic) bond motifs is 1. The molecule has 0 aliphatic carbocycles. The summed E-state index contributed by atoms with van der Waals surface area (Å²) in [6.45, 7) is 0. The number of halogens is 2. The summed E-state index contributed by atoms with van der Waals surface area (Å²) in [6, 6.07) is 21.2. The zero-order valence-electron chi connectivity index (χ0n) is 14.4. The fourth-order valence-electron chi connectivity index (χ4n) is 3.29. The van der Waals surface area contributed by atoms with E-state index < -0.39 is 12.1 Å². The molecule has 2 atom stereocenters. The van der Waals surface area contributed by atoms with Crippen LogP contribution in [0, 0.1) is 5.82 Å². The van der Waals surface area contributed by atoms with Gasteiger partial charge in [-0.15, -0.1) is 0 Å². The van der Waals surface area contributed by atoms with E-state index in [1.807, 2.05) is 54.6 Å². The fourth-order valence-corrected chi connectivity index (χ4v) is 3.62. The Kier molecular flexibility index (Phi) is 4.94. The number of hydrogen-bond acceptors (Lipinski definition) is 2. The molecule has 136 valence electrons. The van der Waals surface area contributed by atoms with Gasteiger partial charge >= 0.3 is 0 Å². The number of amides is 1. The van der Waals surface area contributed by atoms with Crippen molar-refractivity contribution in [2.75, 3.05) is 0 Å². The smallest absolute Gasteiger partial charge is 0.262 e. The molecule has 1 N–H and O–H groups in total. The quantitative estimate of drug-likeness (QED) is 0.651. The molecule has 27 heavy (non-hydrogen) atoms. The molecule has 1 heterocycles. The van der Waals surface area contributed by atoms with Crippen molar-refractivity contribution in [3.63, 3.8) is 0 Å². The number of nitrogens with one attached hydrogen (secondary N) is 1. The van der Waals surface area contributed by atoms with Crippen LogP contribution in [0.15, 0.2) is 77.3 Å². The molecule has 3 aromatic carbocycles. The summed E-state index contributed by atoms with van der Waals surface area (Å²) in [4.78, 5) is 12.9. The van der Waals surface area contributed by atoms with Gasteiger partial charge in [0.05, 0.1) is 6.04 Å². The standard InChI is InChI=1S/C22H17BrFNO2/c23-16-10-11-17(18(24)13-16)21(14-6-2-1-3-7-14)25-22(26)20-12-15-8-4-5-9-19(15)27-20/h1-11,13,20-21H,12H2,(H,25,26)/t20-,21+/m0/s1. The molecule has 0 spiro atoms. The lowest BCUT2D eigenvalue weighted by atomic mass is 9.97. The summed E-state index contributed by atoms with van der Waals surface area (Å²) in [6.07, 6.45) is -0.112. The van der Waals surface area contributed by atoms with Crippen molar-refractivity contribution in [3.05, 3.63) is 99.8 Å². The molecule has 4 rings (SSSR count). The van der Waals surface area contributed by atoms with Crippen LogP contribution in [0.25, 0.3) is 0 Å². The number of para-hydroxylation sites is 1. The Bertz CT molecular complexity index is 952. The lowest BCUT2D eigenvalue weighted by Gasteiger charge is -2.22. The molecule has 0 saturated heterocycles. The van der Waals surface area contributed by atoms with E-state index in [0.717, 1.165) is 16.9 Å². The van der Waals surface area contributed by atoms with Crippen molar-refractivity contribution >= 4 is 21.8 Å². The number of benzene rings is 3. The second-order valence-electron chi connectivity index (χ2n) is 6.44. The van der Waals surface area contributed by atoms with Crippen molar-refractivity contribution < 1.29 is 13.9 Å². The minimum atomic E-state index is -0.618. The van der Waals surface area contributed by atoms with E-state index in [1.165, 1.54) is 6.07 Å². The first-order chi connectivity index (χ1) is 13.1. The van der Waals surface area contributed by atoms with Crippen LogP contribution in [0.5, 0.6) is 5.75 Å². The Hall–Kier alpha value is -2.66. The third-order valence-corrected chi connectivity index (χ3v) is 5.13. The van der Waals surface area contributed by atoms with Gasteiger partial charge < -0.3 is 10.1 Å². The van der Waals surface area contributed by atoms with E-state index >= 15 is 0 Å². The summed E-state index contributed by atoms with van der Waals surface area (Å²) in [5.41, 5.74) is 2.22. The highest BCUT2D eigenvalue weighted by atomic mass is 79.9. The molecule has 0 unspecified atom stereocenters. The number of rotatable bonds is 4. The highest BCUT2D eigenvalue weighted by Crippen LogP contribution is 2.30. The Labute approximate surface area is 165 Å². The van der Waals surface area contributed by atoms with Gasteiger partial charge in [0.25, 0.3) is 5.91 Å². The van der Waals surface area contributed by atoms with E-state index in [0.29, 0.717) is 16.5 Å². The van der Waals surface area contributed by atoms with E-state index in [2.05, 4.69) is 21.2 Å². The molecule has 0 aromatic heterocycles. The van der Waals surface area contributed by atoms with Gasteiger partial charge in [-0.2, -0.15) is 0 Å². The Morgan fingerprint density at radius 2 is 1.81 bits per heavy atom. The number of carbonyl (C=O) groups is 1. The maximum absolute atomic E-state index is 14.6. The van der Waals surface area contributed by atoms with Gasteiger partial charge in [-0.1, -0.05) is 70.5 Å². The zero-order valence-corrected chi connectivity index (χ0v) is 15.9. The highest BCUT2D eigenvalue weighted by molar-refractivity contribution is 9.10. The van der Waals surface area contributed by atoms with Gasteiger partial charge in [0.1, 0.15) is 11.6 Å². The Balaban J connectivity index is 1.61. The Morgan fingerprint density at radius 1 is 1.07 bits per heavy atom. The molecular weight excluding hydrogens is 409 g/mol. The van der Waals surface area contributed by atoms with Gasteiger partial charge in [0.15, 0.2) is 6.10 Å². The molecule has 1 aliphatic rings. The first-order valence-corrected chi connectivity index (χ1v) is 9.46. The fraction of sp³-hybridized carbons (Fsp3) is 0.136. The number of hydrogen-bond donors (Lipinski definition) is 1. The lowest BCUT2D eigenvalue weighted by Crippen LogP contribution is -2.40. The SMILES string of the molecule is O=C(N[C@H](c1ccccc1)c1ccc(Br)cc1F)[C@@H]1Cc2ccccc2O1. The molecule has 3 nitrogen and oxygen atoms in total. The van der Waals surface area contributed by atoms with Gasteiger partial charge in [-0.25, -0.2) is 4.39 Å².